The minimum Gasteiger partial charge on any atom is -0.342 e. The third kappa shape index (κ3) is 4.69. The smallest absolute Gasteiger partial charge is 0.342 e. The summed E-state index contributed by atoms with van der Waals surface area (Å²) in [6.45, 7) is 1.07. The van der Waals surface area contributed by atoms with Gasteiger partial charge in [-0.15, -0.1) is 5.10 Å². The molecule has 1 aliphatic heterocycles. The van der Waals surface area contributed by atoms with E-state index >= 15 is 0 Å². The summed E-state index contributed by atoms with van der Waals surface area (Å²) in [6, 6.07) is 4.43. The number of tetrazole rings is 1. The summed E-state index contributed by atoms with van der Waals surface area (Å²) in [6.07, 6.45) is -1.72. The number of carbonyl (C=O) groups is 2. The van der Waals surface area contributed by atoms with Gasteiger partial charge in [-0.1, -0.05) is 12.1 Å². The summed E-state index contributed by atoms with van der Waals surface area (Å²) >= 11 is 0. The van der Waals surface area contributed by atoms with Crippen molar-refractivity contribution in [2.45, 2.75) is 32.0 Å². The van der Waals surface area contributed by atoms with Crippen molar-refractivity contribution in [1.29, 1.82) is 0 Å². The van der Waals surface area contributed by atoms with E-state index < -0.39 is 17.7 Å². The first-order valence-electron chi connectivity index (χ1n) is 8.54. The van der Waals surface area contributed by atoms with Crippen LogP contribution in [0.25, 0.3) is 0 Å². The van der Waals surface area contributed by atoms with E-state index in [4.69, 9.17) is 0 Å². The summed E-state index contributed by atoms with van der Waals surface area (Å²) < 4.78 is 40.0. The van der Waals surface area contributed by atoms with Crippen LogP contribution in [-0.2, 0) is 17.5 Å². The van der Waals surface area contributed by atoms with E-state index in [9.17, 15) is 22.8 Å². The van der Waals surface area contributed by atoms with Crippen LogP contribution in [0, 0.1) is 5.92 Å². The molecule has 0 aliphatic carbocycles. The van der Waals surface area contributed by atoms with Gasteiger partial charge in [0.15, 0.2) is 5.78 Å². The number of carbonyl (C=O) groups excluding carboxylic acids is 2. The average molecular weight is 381 g/mol. The van der Waals surface area contributed by atoms with Crippen LogP contribution in [0.5, 0.6) is 0 Å². The number of aromatic nitrogens is 4. The van der Waals surface area contributed by atoms with Gasteiger partial charge in [-0.2, -0.15) is 13.2 Å². The zero-order valence-corrected chi connectivity index (χ0v) is 14.4. The van der Waals surface area contributed by atoms with Crippen LogP contribution in [0.15, 0.2) is 30.6 Å². The van der Waals surface area contributed by atoms with E-state index in [1.165, 1.54) is 23.1 Å². The maximum atomic E-state index is 12.9. The van der Waals surface area contributed by atoms with Gasteiger partial charge in [0.25, 0.3) is 0 Å². The molecule has 10 heteroatoms. The van der Waals surface area contributed by atoms with Crippen LogP contribution in [0.1, 0.15) is 35.2 Å². The lowest BCUT2D eigenvalue weighted by Gasteiger charge is -2.32. The number of Topliss-reactive ketones (excluding diaryl/α,β-unsaturated/α-hetero) is 1. The van der Waals surface area contributed by atoms with Gasteiger partial charge in [0, 0.05) is 31.0 Å². The first-order valence-corrected chi connectivity index (χ1v) is 8.54. The van der Waals surface area contributed by atoms with E-state index in [0.29, 0.717) is 25.9 Å². The van der Waals surface area contributed by atoms with Crippen molar-refractivity contribution in [2.24, 2.45) is 5.92 Å². The Labute approximate surface area is 153 Å². The SMILES string of the molecule is O=C(c1cccc(C(F)(F)F)c1)[C@H]1CCCN(C(=O)CCn2cnnn2)C1. The number of ketones is 1. The molecule has 1 saturated heterocycles. The van der Waals surface area contributed by atoms with Gasteiger partial charge in [-0.25, -0.2) is 4.68 Å². The highest BCUT2D eigenvalue weighted by atomic mass is 19.4. The van der Waals surface area contributed by atoms with Gasteiger partial charge in [0.2, 0.25) is 5.91 Å². The van der Waals surface area contributed by atoms with Crippen molar-refractivity contribution in [3.63, 3.8) is 0 Å². The second-order valence-electron chi connectivity index (χ2n) is 6.44. The number of likely N-dealkylation sites (tertiary alicyclic amines) is 1. The number of piperidine rings is 1. The first kappa shape index (κ1) is 19.0. The third-order valence-corrected chi connectivity index (χ3v) is 4.57. The number of halogens is 3. The monoisotopic (exact) mass is 381 g/mol. The Morgan fingerprint density at radius 3 is 2.78 bits per heavy atom. The zero-order valence-electron chi connectivity index (χ0n) is 14.4. The molecule has 1 atom stereocenters. The summed E-state index contributed by atoms with van der Waals surface area (Å²) in [5, 5.41) is 10.7. The Hall–Kier alpha value is -2.78. The lowest BCUT2D eigenvalue weighted by atomic mass is 9.89. The summed E-state index contributed by atoms with van der Waals surface area (Å²) in [5.41, 5.74) is -0.823. The fourth-order valence-corrected chi connectivity index (χ4v) is 3.15. The maximum absolute atomic E-state index is 12.9. The third-order valence-electron chi connectivity index (χ3n) is 4.57. The topological polar surface area (TPSA) is 81.0 Å². The number of hydrogen-bond donors (Lipinski definition) is 0. The minimum atomic E-state index is -4.50. The van der Waals surface area contributed by atoms with Gasteiger partial charge in [0.1, 0.15) is 6.33 Å². The second kappa shape index (κ2) is 7.85. The quantitative estimate of drug-likeness (QED) is 0.742. The number of hydrogen-bond acceptors (Lipinski definition) is 5. The molecule has 0 N–H and O–H groups in total. The van der Waals surface area contributed by atoms with E-state index in [1.807, 2.05) is 0 Å². The molecule has 1 aliphatic rings. The van der Waals surface area contributed by atoms with Gasteiger partial charge in [-0.3, -0.25) is 9.59 Å². The molecular formula is C17H18F3N5O2. The number of amides is 1. The molecule has 0 bridgehead atoms. The van der Waals surface area contributed by atoms with Gasteiger partial charge in [-0.05, 0) is 35.4 Å². The van der Waals surface area contributed by atoms with Gasteiger partial charge < -0.3 is 4.90 Å². The molecule has 1 amide bonds. The van der Waals surface area contributed by atoms with Crippen molar-refractivity contribution in [3.8, 4) is 0 Å². The molecule has 3 rings (SSSR count). The van der Waals surface area contributed by atoms with Crippen LogP contribution in [-0.4, -0.2) is 49.9 Å². The highest BCUT2D eigenvalue weighted by Gasteiger charge is 2.33. The van der Waals surface area contributed by atoms with Crippen LogP contribution in [0.3, 0.4) is 0 Å². The van der Waals surface area contributed by atoms with Crippen molar-refractivity contribution in [2.75, 3.05) is 13.1 Å². The Bertz CT molecular complexity index is 807. The predicted octanol–water partition coefficient (Wildman–Crippen LogP) is 2.20. The van der Waals surface area contributed by atoms with E-state index in [1.54, 1.807) is 4.90 Å². The Kier molecular flexibility index (Phi) is 5.52. The molecule has 27 heavy (non-hydrogen) atoms. The summed E-state index contributed by atoms with van der Waals surface area (Å²) in [5.74, 6) is -0.995. The largest absolute Gasteiger partial charge is 0.416 e. The molecule has 0 unspecified atom stereocenters. The lowest BCUT2D eigenvalue weighted by molar-refractivity contribution is -0.137. The maximum Gasteiger partial charge on any atom is 0.416 e. The molecule has 1 aromatic heterocycles. The van der Waals surface area contributed by atoms with Gasteiger partial charge >= 0.3 is 6.18 Å². The summed E-state index contributed by atoms with van der Waals surface area (Å²) in [4.78, 5) is 26.6. The molecule has 1 fully saturated rings. The number of benzene rings is 1. The number of alkyl halides is 3. The Balaban J connectivity index is 1.63. The van der Waals surface area contributed by atoms with E-state index in [-0.39, 0.29) is 30.2 Å². The Morgan fingerprint density at radius 1 is 1.26 bits per heavy atom. The lowest BCUT2D eigenvalue weighted by Crippen LogP contribution is -2.42. The molecule has 0 saturated carbocycles. The predicted molar refractivity (Wildman–Crippen MR) is 87.5 cm³/mol. The Morgan fingerprint density at radius 2 is 2.07 bits per heavy atom. The molecule has 2 aromatic rings. The summed E-state index contributed by atoms with van der Waals surface area (Å²) in [7, 11) is 0. The average Bonchev–Trinajstić information content (AvgIpc) is 3.18. The van der Waals surface area contributed by atoms with Gasteiger partial charge in [0.05, 0.1) is 12.1 Å². The van der Waals surface area contributed by atoms with Crippen molar-refractivity contribution >= 4 is 11.7 Å². The van der Waals surface area contributed by atoms with Crippen LogP contribution >= 0.6 is 0 Å². The zero-order chi connectivity index (χ0) is 19.4. The fraction of sp³-hybridized carbons (Fsp3) is 0.471. The standard InChI is InChI=1S/C17H18F3N5O2/c18-17(19,20)14-5-1-3-12(9-14)16(27)13-4-2-7-24(10-13)15(26)6-8-25-11-21-22-23-25/h1,3,5,9,11,13H,2,4,6-8,10H2/t13-/m0/s1. The molecule has 0 radical (unpaired) electrons. The number of aryl methyl sites for hydroxylation is 1. The normalized spacial score (nSPS) is 17.7. The van der Waals surface area contributed by atoms with E-state index in [0.717, 1.165) is 12.1 Å². The fourth-order valence-electron chi connectivity index (χ4n) is 3.15. The second-order valence-corrected chi connectivity index (χ2v) is 6.44. The highest BCUT2D eigenvalue weighted by Crippen LogP contribution is 2.30. The van der Waals surface area contributed by atoms with Crippen LogP contribution in [0.2, 0.25) is 0 Å². The highest BCUT2D eigenvalue weighted by molar-refractivity contribution is 5.98. The molecule has 7 nitrogen and oxygen atoms in total. The first-order chi connectivity index (χ1) is 12.8. The van der Waals surface area contributed by atoms with Crippen LogP contribution < -0.4 is 0 Å². The van der Waals surface area contributed by atoms with Crippen molar-refractivity contribution < 1.29 is 22.8 Å². The molecular weight excluding hydrogens is 363 g/mol. The number of nitrogens with zero attached hydrogens (tertiary/aromatic N) is 5. The number of rotatable bonds is 5. The molecule has 2 heterocycles. The van der Waals surface area contributed by atoms with E-state index in [2.05, 4.69) is 15.5 Å². The van der Waals surface area contributed by atoms with Crippen molar-refractivity contribution in [3.05, 3.63) is 41.7 Å². The van der Waals surface area contributed by atoms with Crippen molar-refractivity contribution in [1.82, 2.24) is 25.1 Å². The van der Waals surface area contributed by atoms with Crippen LogP contribution in [0.4, 0.5) is 13.2 Å². The molecule has 0 spiro atoms. The molecule has 144 valence electrons. The molecule has 1 aromatic carbocycles. The minimum absolute atomic E-state index is 0.0258.